The first-order chi connectivity index (χ1) is 7.22. The maximum atomic E-state index is 11.5. The molecule has 2 aliphatic heterocycles. The highest BCUT2D eigenvalue weighted by molar-refractivity contribution is 5.80. The van der Waals surface area contributed by atoms with Gasteiger partial charge in [-0.25, -0.2) is 0 Å². The summed E-state index contributed by atoms with van der Waals surface area (Å²) in [5, 5.41) is 0. The van der Waals surface area contributed by atoms with E-state index in [2.05, 4.69) is 11.8 Å². The second-order valence-electron chi connectivity index (χ2n) is 5.86. The first-order valence-corrected chi connectivity index (χ1v) is 6.50. The minimum absolute atomic E-state index is 0.514. The summed E-state index contributed by atoms with van der Waals surface area (Å²) in [6.45, 7) is 3.61. The summed E-state index contributed by atoms with van der Waals surface area (Å²) in [5.41, 5.74) is 0.654. The molecular formula is C13H21NO. The Morgan fingerprint density at radius 3 is 2.33 bits per heavy atom. The molecule has 1 aliphatic carbocycles. The van der Waals surface area contributed by atoms with E-state index in [1.54, 1.807) is 0 Å². The number of hydrogen-bond donors (Lipinski definition) is 0. The van der Waals surface area contributed by atoms with Crippen molar-refractivity contribution in [2.75, 3.05) is 6.54 Å². The van der Waals surface area contributed by atoms with Crippen molar-refractivity contribution in [3.05, 3.63) is 0 Å². The summed E-state index contributed by atoms with van der Waals surface area (Å²) in [7, 11) is 0. The quantitative estimate of drug-likeness (QED) is 0.708. The number of ketones is 1. The van der Waals surface area contributed by atoms with E-state index in [1.807, 2.05) is 0 Å². The molecule has 0 radical (unpaired) electrons. The molecule has 2 nitrogen and oxygen atoms in total. The zero-order valence-electron chi connectivity index (χ0n) is 9.67. The van der Waals surface area contributed by atoms with Crippen molar-refractivity contribution in [1.29, 1.82) is 0 Å². The molecule has 3 rings (SSSR count). The maximum Gasteiger partial charge on any atom is 0.136 e. The molecule has 2 bridgehead atoms. The second kappa shape index (κ2) is 3.31. The fraction of sp³-hybridized carbons (Fsp3) is 0.923. The zero-order valence-corrected chi connectivity index (χ0v) is 9.67. The minimum atomic E-state index is 0.514. The van der Waals surface area contributed by atoms with Gasteiger partial charge in [-0.3, -0.25) is 9.69 Å². The van der Waals surface area contributed by atoms with Gasteiger partial charge in [0.25, 0.3) is 0 Å². The van der Waals surface area contributed by atoms with Crippen LogP contribution >= 0.6 is 0 Å². The first-order valence-electron chi connectivity index (χ1n) is 6.50. The molecule has 84 valence electrons. The lowest BCUT2D eigenvalue weighted by Crippen LogP contribution is -2.45. The molecule has 0 aromatic heterocycles. The Morgan fingerprint density at radius 2 is 1.87 bits per heavy atom. The van der Waals surface area contributed by atoms with Crippen molar-refractivity contribution in [3.8, 4) is 0 Å². The van der Waals surface area contributed by atoms with E-state index >= 15 is 0 Å². The Bertz CT molecular complexity index is 266. The predicted octanol–water partition coefficient (Wildman–Crippen LogP) is 2.37. The summed E-state index contributed by atoms with van der Waals surface area (Å²) in [6.07, 6.45) is 8.41. The number of fused-ring (bicyclic) bond motifs is 2. The van der Waals surface area contributed by atoms with Gasteiger partial charge in [-0.1, -0.05) is 6.92 Å². The summed E-state index contributed by atoms with van der Waals surface area (Å²) >= 11 is 0. The van der Waals surface area contributed by atoms with E-state index in [0.717, 1.165) is 12.8 Å². The van der Waals surface area contributed by atoms with Gasteiger partial charge in [0.2, 0.25) is 0 Å². The van der Waals surface area contributed by atoms with Crippen molar-refractivity contribution in [2.45, 2.75) is 64.0 Å². The van der Waals surface area contributed by atoms with Gasteiger partial charge in [0.1, 0.15) is 5.78 Å². The number of carbonyl (C=O) groups is 1. The molecule has 2 heteroatoms. The Balaban J connectivity index is 1.70. The van der Waals surface area contributed by atoms with Crippen LogP contribution in [0.25, 0.3) is 0 Å². The van der Waals surface area contributed by atoms with Crippen LogP contribution in [0.15, 0.2) is 0 Å². The number of carbonyl (C=O) groups excluding carboxylic acids is 1. The zero-order chi connectivity index (χ0) is 10.5. The summed E-state index contributed by atoms with van der Waals surface area (Å²) in [4.78, 5) is 14.2. The molecule has 3 aliphatic rings. The second-order valence-corrected chi connectivity index (χ2v) is 5.86. The third kappa shape index (κ3) is 1.63. The fourth-order valence-electron chi connectivity index (χ4n) is 3.51. The molecule has 15 heavy (non-hydrogen) atoms. The lowest BCUT2D eigenvalue weighted by Gasteiger charge is -2.36. The molecule has 1 saturated carbocycles. The number of nitrogens with zero attached hydrogens (tertiary/aromatic N) is 1. The smallest absolute Gasteiger partial charge is 0.136 e. The van der Waals surface area contributed by atoms with Crippen LogP contribution < -0.4 is 0 Å². The number of Topliss-reactive ketones (excluding diaryl/α,β-unsaturated/α-hetero) is 1. The Morgan fingerprint density at radius 1 is 1.27 bits per heavy atom. The van der Waals surface area contributed by atoms with Gasteiger partial charge in [0, 0.05) is 31.5 Å². The molecule has 3 fully saturated rings. The van der Waals surface area contributed by atoms with Crippen molar-refractivity contribution in [2.24, 2.45) is 5.41 Å². The average molecular weight is 207 g/mol. The summed E-state index contributed by atoms with van der Waals surface area (Å²) in [5.74, 6) is 0.514. The van der Waals surface area contributed by atoms with Gasteiger partial charge in [0.05, 0.1) is 0 Å². The SMILES string of the molecule is CCC1(CN2C3CCC2CC(=O)C3)CC1. The van der Waals surface area contributed by atoms with Gasteiger partial charge in [0.15, 0.2) is 0 Å². The monoisotopic (exact) mass is 207 g/mol. The molecular weight excluding hydrogens is 186 g/mol. The van der Waals surface area contributed by atoms with Crippen molar-refractivity contribution >= 4 is 5.78 Å². The predicted molar refractivity (Wildman–Crippen MR) is 59.7 cm³/mol. The molecule has 0 N–H and O–H groups in total. The molecule has 0 spiro atoms. The van der Waals surface area contributed by atoms with E-state index in [4.69, 9.17) is 0 Å². The van der Waals surface area contributed by atoms with E-state index in [9.17, 15) is 4.79 Å². The van der Waals surface area contributed by atoms with Crippen LogP contribution in [0.4, 0.5) is 0 Å². The average Bonchev–Trinajstić information content (AvgIpc) is 2.94. The van der Waals surface area contributed by atoms with Gasteiger partial charge in [-0.2, -0.15) is 0 Å². The van der Waals surface area contributed by atoms with E-state index < -0.39 is 0 Å². The molecule has 0 amide bonds. The first kappa shape index (κ1) is 9.83. The minimum Gasteiger partial charge on any atom is -0.300 e. The normalized spacial score (nSPS) is 38.3. The highest BCUT2D eigenvalue weighted by Gasteiger charge is 2.48. The van der Waals surface area contributed by atoms with Crippen LogP contribution in [-0.4, -0.2) is 29.3 Å². The fourth-order valence-corrected chi connectivity index (χ4v) is 3.51. The van der Waals surface area contributed by atoms with Gasteiger partial charge < -0.3 is 0 Å². The van der Waals surface area contributed by atoms with Crippen LogP contribution in [-0.2, 0) is 4.79 Å². The number of rotatable bonds is 3. The standard InChI is InChI=1S/C13H21NO/c1-2-13(5-6-13)9-14-10-3-4-11(14)8-12(15)7-10/h10-11H,2-9H2,1H3. The van der Waals surface area contributed by atoms with Gasteiger partial charge >= 0.3 is 0 Å². The van der Waals surface area contributed by atoms with Crippen molar-refractivity contribution in [1.82, 2.24) is 4.90 Å². The van der Waals surface area contributed by atoms with E-state index in [1.165, 1.54) is 38.6 Å². The van der Waals surface area contributed by atoms with Crippen LogP contribution in [0.3, 0.4) is 0 Å². The summed E-state index contributed by atoms with van der Waals surface area (Å²) < 4.78 is 0. The molecule has 0 aromatic rings. The van der Waals surface area contributed by atoms with Crippen LogP contribution in [0.5, 0.6) is 0 Å². The van der Waals surface area contributed by atoms with Crippen LogP contribution in [0.2, 0.25) is 0 Å². The molecule has 2 atom stereocenters. The Hall–Kier alpha value is -0.370. The van der Waals surface area contributed by atoms with Crippen LogP contribution in [0.1, 0.15) is 51.9 Å². The Labute approximate surface area is 92.0 Å². The van der Waals surface area contributed by atoms with Gasteiger partial charge in [-0.15, -0.1) is 0 Å². The van der Waals surface area contributed by atoms with Gasteiger partial charge in [-0.05, 0) is 37.5 Å². The maximum absolute atomic E-state index is 11.5. The third-order valence-electron chi connectivity index (χ3n) is 4.92. The highest BCUT2D eigenvalue weighted by Crippen LogP contribution is 2.51. The summed E-state index contributed by atoms with van der Waals surface area (Å²) in [6, 6.07) is 1.22. The molecule has 0 aromatic carbocycles. The third-order valence-corrected chi connectivity index (χ3v) is 4.92. The Kier molecular flexibility index (Phi) is 2.17. The van der Waals surface area contributed by atoms with Crippen molar-refractivity contribution < 1.29 is 4.79 Å². The molecule has 2 heterocycles. The number of piperidine rings is 1. The highest BCUT2D eigenvalue weighted by atomic mass is 16.1. The van der Waals surface area contributed by atoms with E-state index in [-0.39, 0.29) is 0 Å². The van der Waals surface area contributed by atoms with Crippen molar-refractivity contribution in [3.63, 3.8) is 0 Å². The lowest BCUT2D eigenvalue weighted by atomic mass is 9.96. The number of hydrogen-bond acceptors (Lipinski definition) is 2. The lowest BCUT2D eigenvalue weighted by molar-refractivity contribution is -0.123. The molecule has 2 unspecified atom stereocenters. The van der Waals surface area contributed by atoms with Crippen LogP contribution in [0, 0.1) is 5.41 Å². The van der Waals surface area contributed by atoms with E-state index in [0.29, 0.717) is 23.3 Å². The molecule has 2 saturated heterocycles. The largest absolute Gasteiger partial charge is 0.300 e. The topological polar surface area (TPSA) is 20.3 Å².